The monoisotopic (exact) mass is 719 g/mol. The Hall–Kier alpha value is -7.15. The summed E-state index contributed by atoms with van der Waals surface area (Å²) in [7, 11) is 0. The predicted octanol–water partition coefficient (Wildman–Crippen LogP) is 12.9. The zero-order valence-corrected chi connectivity index (χ0v) is 30.2. The van der Waals surface area contributed by atoms with Crippen LogP contribution in [0.1, 0.15) is 0 Å². The Morgan fingerprint density at radius 2 is 0.964 bits per heavy atom. The Labute approximate surface area is 319 Å². The molecule has 0 spiro atoms. The number of nitrogens with zero attached hydrogens (tertiary/aromatic N) is 5. The van der Waals surface area contributed by atoms with Gasteiger partial charge in [-0.05, 0) is 64.4 Å². The summed E-state index contributed by atoms with van der Waals surface area (Å²) < 4.78 is 7.23. The zero-order chi connectivity index (χ0) is 36.0. The zero-order valence-electron chi connectivity index (χ0n) is 29.4. The maximum atomic E-state index is 5.12. The van der Waals surface area contributed by atoms with E-state index in [4.69, 9.17) is 15.0 Å². The first-order valence-corrected chi connectivity index (χ1v) is 19.3. The first kappa shape index (κ1) is 30.3. The Morgan fingerprint density at radius 3 is 1.76 bits per heavy atom. The molecule has 0 fully saturated rings. The molecule has 0 bridgehead atoms. The Bertz CT molecular complexity index is 3370. The minimum atomic E-state index is 0.589. The molecule has 256 valence electrons. The van der Waals surface area contributed by atoms with Crippen molar-refractivity contribution < 1.29 is 0 Å². The molecule has 0 saturated carbocycles. The van der Waals surface area contributed by atoms with E-state index >= 15 is 0 Å². The number of benzene rings is 8. The van der Waals surface area contributed by atoms with Crippen molar-refractivity contribution in [2.45, 2.75) is 0 Å². The predicted molar refractivity (Wildman–Crippen MR) is 229 cm³/mol. The number of hydrogen-bond donors (Lipinski definition) is 0. The summed E-state index contributed by atoms with van der Waals surface area (Å²) >= 11 is 1.86. The van der Waals surface area contributed by atoms with Gasteiger partial charge in [-0.3, -0.25) is 4.57 Å². The summed E-state index contributed by atoms with van der Waals surface area (Å²) in [6.07, 6.45) is 0. The lowest BCUT2D eigenvalue weighted by atomic mass is 9.92. The third-order valence-electron chi connectivity index (χ3n) is 11.0. The van der Waals surface area contributed by atoms with Crippen LogP contribution in [0, 0.1) is 0 Å². The topological polar surface area (TPSA) is 48.5 Å². The van der Waals surface area contributed by atoms with Crippen molar-refractivity contribution in [2.24, 2.45) is 0 Å². The summed E-state index contributed by atoms with van der Waals surface area (Å²) in [5.74, 6) is 1.87. The SMILES string of the molecule is c1ccc(-c2nc(-c3ccccc3)nc(-n3c4ccccc4c4cc(-c5ccc6c7c5cccc7c5cccc7sc8ccccc8n6-c75)ccc43)n2)cc1. The van der Waals surface area contributed by atoms with Gasteiger partial charge in [-0.25, -0.2) is 4.98 Å². The smallest absolute Gasteiger partial charge is 0.238 e. The number of pyridine rings is 1. The van der Waals surface area contributed by atoms with E-state index in [0.29, 0.717) is 17.6 Å². The van der Waals surface area contributed by atoms with Crippen LogP contribution in [0.15, 0.2) is 176 Å². The lowest BCUT2D eigenvalue weighted by Crippen LogP contribution is -2.06. The molecule has 10 aromatic rings. The van der Waals surface area contributed by atoms with Crippen molar-refractivity contribution in [1.29, 1.82) is 0 Å². The molecule has 0 atom stereocenters. The van der Waals surface area contributed by atoms with Gasteiger partial charge in [0.2, 0.25) is 5.95 Å². The molecule has 0 unspecified atom stereocenters. The molecule has 5 nitrogen and oxygen atoms in total. The molecular weight excluding hydrogens is 691 g/mol. The lowest BCUT2D eigenvalue weighted by molar-refractivity contribution is 0.953. The fourth-order valence-corrected chi connectivity index (χ4v) is 9.67. The molecule has 6 heteroatoms. The van der Waals surface area contributed by atoms with Crippen molar-refractivity contribution in [3.63, 3.8) is 0 Å². The van der Waals surface area contributed by atoms with E-state index in [-0.39, 0.29) is 0 Å². The molecule has 0 amide bonds. The highest BCUT2D eigenvalue weighted by molar-refractivity contribution is 7.24. The van der Waals surface area contributed by atoms with Gasteiger partial charge in [0.05, 0.1) is 37.2 Å². The average molecular weight is 720 g/mol. The van der Waals surface area contributed by atoms with E-state index in [1.54, 1.807) is 0 Å². The van der Waals surface area contributed by atoms with E-state index in [0.717, 1.165) is 32.9 Å². The van der Waals surface area contributed by atoms with Crippen molar-refractivity contribution >= 4 is 75.1 Å². The standard InChI is InChI=1S/C49H29N5S/c1-3-13-30(14-4-1)47-50-48(31-15-5-2-6-16-31)52-49(51-47)54-39-21-8-7-17-34(39)38-29-32(25-27-40(38)54)33-26-28-42-45-35(33)18-11-19-36(45)37-20-12-24-44-46(37)53(42)41-22-9-10-23-43(41)55-44/h1-29H. The second kappa shape index (κ2) is 11.7. The molecule has 2 aliphatic rings. The third kappa shape index (κ3) is 4.49. The van der Waals surface area contributed by atoms with Gasteiger partial charge >= 0.3 is 0 Å². The fraction of sp³-hybridized carbons (Fsp3) is 0. The first-order valence-electron chi connectivity index (χ1n) is 18.5. The van der Waals surface area contributed by atoms with Crippen LogP contribution in [0.3, 0.4) is 0 Å². The molecule has 0 aliphatic carbocycles. The highest BCUT2D eigenvalue weighted by Crippen LogP contribution is 2.45. The quantitative estimate of drug-likeness (QED) is 0.134. The van der Waals surface area contributed by atoms with Gasteiger partial charge < -0.3 is 4.57 Å². The molecule has 2 aliphatic heterocycles. The van der Waals surface area contributed by atoms with Crippen LogP contribution in [0.2, 0.25) is 0 Å². The molecule has 4 heterocycles. The van der Waals surface area contributed by atoms with Crippen molar-refractivity contribution in [3.05, 3.63) is 176 Å². The number of fused-ring (bicyclic) bond motifs is 7. The van der Waals surface area contributed by atoms with Crippen LogP contribution < -0.4 is 0 Å². The summed E-state index contributed by atoms with van der Waals surface area (Å²) in [6, 6.07) is 62.6. The molecule has 0 saturated heterocycles. The molecular formula is C49H29N5S. The number of aromatic nitrogens is 5. The van der Waals surface area contributed by atoms with Gasteiger partial charge in [0, 0.05) is 32.7 Å². The Balaban J connectivity index is 1.11. The van der Waals surface area contributed by atoms with Gasteiger partial charge in [-0.15, -0.1) is 11.3 Å². The number of hydrogen-bond acceptors (Lipinski definition) is 4. The van der Waals surface area contributed by atoms with E-state index < -0.39 is 0 Å². The molecule has 2 aromatic heterocycles. The van der Waals surface area contributed by atoms with Gasteiger partial charge in [0.25, 0.3) is 0 Å². The largest absolute Gasteiger partial charge is 0.306 e. The van der Waals surface area contributed by atoms with Gasteiger partial charge in [-0.2, -0.15) is 9.97 Å². The second-order valence-electron chi connectivity index (χ2n) is 14.0. The minimum absolute atomic E-state index is 0.589. The van der Waals surface area contributed by atoms with Crippen molar-refractivity contribution in [1.82, 2.24) is 24.1 Å². The van der Waals surface area contributed by atoms with E-state index in [1.165, 1.54) is 58.8 Å². The highest BCUT2D eigenvalue weighted by Gasteiger charge is 2.22. The van der Waals surface area contributed by atoms with Crippen LogP contribution in [0.25, 0.3) is 109 Å². The van der Waals surface area contributed by atoms with E-state index in [9.17, 15) is 0 Å². The van der Waals surface area contributed by atoms with Crippen LogP contribution in [0.4, 0.5) is 0 Å². The number of rotatable bonds is 4. The Kier molecular flexibility index (Phi) is 6.44. The van der Waals surface area contributed by atoms with Gasteiger partial charge in [-0.1, -0.05) is 133 Å². The summed E-state index contributed by atoms with van der Waals surface area (Å²) in [6.45, 7) is 0. The van der Waals surface area contributed by atoms with Crippen molar-refractivity contribution in [2.75, 3.05) is 0 Å². The van der Waals surface area contributed by atoms with Gasteiger partial charge in [0.1, 0.15) is 0 Å². The van der Waals surface area contributed by atoms with Crippen LogP contribution in [0.5, 0.6) is 0 Å². The third-order valence-corrected chi connectivity index (χ3v) is 12.1. The van der Waals surface area contributed by atoms with E-state index in [1.807, 2.05) is 72.0 Å². The first-order chi connectivity index (χ1) is 27.3. The average Bonchev–Trinajstić information content (AvgIpc) is 3.59. The van der Waals surface area contributed by atoms with Gasteiger partial charge in [0.15, 0.2) is 11.6 Å². The molecule has 0 N–H and O–H groups in total. The number of para-hydroxylation sites is 3. The van der Waals surface area contributed by atoms with Crippen LogP contribution >= 0.6 is 11.3 Å². The fourth-order valence-electron chi connectivity index (χ4n) is 8.57. The Morgan fingerprint density at radius 1 is 0.364 bits per heavy atom. The maximum Gasteiger partial charge on any atom is 0.238 e. The van der Waals surface area contributed by atoms with E-state index in [2.05, 4.69) is 124 Å². The second-order valence-corrected chi connectivity index (χ2v) is 15.1. The summed E-state index contributed by atoms with van der Waals surface area (Å²) in [4.78, 5) is 15.2. The maximum absolute atomic E-state index is 5.12. The normalized spacial score (nSPS) is 12.0. The molecule has 12 rings (SSSR count). The lowest BCUT2D eigenvalue weighted by Gasteiger charge is -2.24. The minimum Gasteiger partial charge on any atom is -0.306 e. The van der Waals surface area contributed by atoms with Crippen LogP contribution in [-0.4, -0.2) is 24.1 Å². The molecule has 0 radical (unpaired) electrons. The van der Waals surface area contributed by atoms with Crippen molar-refractivity contribution in [3.8, 4) is 45.5 Å². The molecule has 8 aromatic carbocycles. The summed E-state index contributed by atoms with van der Waals surface area (Å²) in [5, 5.41) is 7.36. The highest BCUT2D eigenvalue weighted by atomic mass is 32.1. The molecule has 55 heavy (non-hydrogen) atoms. The van der Waals surface area contributed by atoms with Crippen LogP contribution in [-0.2, 0) is 0 Å². The summed E-state index contributed by atoms with van der Waals surface area (Å²) in [5.41, 5.74) is 10.1.